The van der Waals surface area contributed by atoms with Crippen LogP contribution >= 0.6 is 11.6 Å². The Morgan fingerprint density at radius 1 is 1.00 bits per heavy atom. The molecule has 0 bridgehead atoms. The first kappa shape index (κ1) is 12.6. The molecule has 0 amide bonds. The fraction of sp³-hybridized carbons (Fsp3) is 0. The third-order valence-electron chi connectivity index (χ3n) is 2.88. The molecule has 0 saturated heterocycles. The van der Waals surface area contributed by atoms with Crippen molar-refractivity contribution in [1.82, 2.24) is 4.98 Å². The first-order chi connectivity index (χ1) is 9.76. The zero-order valence-corrected chi connectivity index (χ0v) is 11.2. The lowest BCUT2D eigenvalue weighted by Gasteiger charge is -2.07. The number of benzene rings is 2. The Morgan fingerprint density at radius 2 is 1.80 bits per heavy atom. The SMILES string of the molecule is O=Cc1cc2ccc(Oc3ccccc3)cc2nc1Cl. The number of hydrogen-bond acceptors (Lipinski definition) is 3. The van der Waals surface area contributed by atoms with Crippen molar-refractivity contribution in [3.05, 3.63) is 65.3 Å². The number of aldehydes is 1. The highest BCUT2D eigenvalue weighted by Crippen LogP contribution is 2.26. The van der Waals surface area contributed by atoms with Crippen LogP contribution in [-0.4, -0.2) is 11.3 Å². The number of carbonyl (C=O) groups excluding carboxylic acids is 1. The number of pyridine rings is 1. The zero-order chi connectivity index (χ0) is 13.9. The van der Waals surface area contributed by atoms with Crippen LogP contribution in [0.5, 0.6) is 11.5 Å². The number of ether oxygens (including phenoxy) is 1. The molecule has 0 N–H and O–H groups in total. The van der Waals surface area contributed by atoms with Gasteiger partial charge in [0.15, 0.2) is 6.29 Å². The molecular formula is C16H10ClNO2. The van der Waals surface area contributed by atoms with Crippen LogP contribution in [0.2, 0.25) is 5.15 Å². The third kappa shape index (κ3) is 2.49. The maximum absolute atomic E-state index is 10.8. The molecule has 2 aromatic carbocycles. The molecule has 0 fully saturated rings. The van der Waals surface area contributed by atoms with E-state index < -0.39 is 0 Å². The number of aromatic nitrogens is 1. The smallest absolute Gasteiger partial charge is 0.153 e. The molecule has 4 heteroatoms. The monoisotopic (exact) mass is 283 g/mol. The molecule has 0 aliphatic carbocycles. The fourth-order valence-electron chi connectivity index (χ4n) is 1.91. The van der Waals surface area contributed by atoms with E-state index in [4.69, 9.17) is 16.3 Å². The summed E-state index contributed by atoms with van der Waals surface area (Å²) in [6.45, 7) is 0. The Hall–Kier alpha value is -2.39. The predicted octanol–water partition coefficient (Wildman–Crippen LogP) is 4.49. The van der Waals surface area contributed by atoms with E-state index in [1.165, 1.54) is 0 Å². The number of rotatable bonds is 3. The van der Waals surface area contributed by atoms with E-state index in [0.717, 1.165) is 11.1 Å². The van der Waals surface area contributed by atoms with Crippen LogP contribution in [0.15, 0.2) is 54.6 Å². The van der Waals surface area contributed by atoms with Gasteiger partial charge < -0.3 is 4.74 Å². The highest BCUT2D eigenvalue weighted by Gasteiger charge is 2.05. The Morgan fingerprint density at radius 3 is 2.55 bits per heavy atom. The van der Waals surface area contributed by atoms with Gasteiger partial charge in [0.05, 0.1) is 11.1 Å². The van der Waals surface area contributed by atoms with Gasteiger partial charge in [-0.1, -0.05) is 29.8 Å². The van der Waals surface area contributed by atoms with Gasteiger partial charge >= 0.3 is 0 Å². The van der Waals surface area contributed by atoms with Crippen LogP contribution < -0.4 is 4.74 Å². The van der Waals surface area contributed by atoms with Gasteiger partial charge in [0, 0.05) is 11.5 Å². The molecule has 0 aliphatic heterocycles. The van der Waals surface area contributed by atoms with E-state index >= 15 is 0 Å². The van der Waals surface area contributed by atoms with E-state index in [0.29, 0.717) is 23.1 Å². The summed E-state index contributed by atoms with van der Waals surface area (Å²) in [6.07, 6.45) is 0.698. The summed E-state index contributed by atoms with van der Waals surface area (Å²) in [5.41, 5.74) is 1.07. The van der Waals surface area contributed by atoms with Crippen molar-refractivity contribution in [3.63, 3.8) is 0 Å². The van der Waals surface area contributed by atoms with Gasteiger partial charge in [-0.25, -0.2) is 4.98 Å². The second-order valence-electron chi connectivity index (χ2n) is 4.26. The Balaban J connectivity index is 2.00. The van der Waals surface area contributed by atoms with Crippen molar-refractivity contribution in [1.29, 1.82) is 0 Å². The quantitative estimate of drug-likeness (QED) is 0.525. The summed E-state index contributed by atoms with van der Waals surface area (Å²) in [4.78, 5) is 15.0. The van der Waals surface area contributed by atoms with E-state index in [9.17, 15) is 4.79 Å². The molecule has 1 aromatic heterocycles. The molecule has 0 saturated carbocycles. The standard InChI is InChI=1S/C16H10ClNO2/c17-16-12(10-19)8-11-6-7-14(9-15(11)18-16)20-13-4-2-1-3-5-13/h1-10H. The van der Waals surface area contributed by atoms with Crippen LogP contribution in [0.1, 0.15) is 10.4 Å². The molecule has 3 nitrogen and oxygen atoms in total. The minimum Gasteiger partial charge on any atom is -0.457 e. The minimum absolute atomic E-state index is 0.198. The third-order valence-corrected chi connectivity index (χ3v) is 3.18. The van der Waals surface area contributed by atoms with Crippen molar-refractivity contribution in [2.45, 2.75) is 0 Å². The number of carbonyl (C=O) groups is 1. The van der Waals surface area contributed by atoms with Crippen molar-refractivity contribution in [3.8, 4) is 11.5 Å². The van der Waals surface area contributed by atoms with Gasteiger partial charge in [-0.3, -0.25) is 4.79 Å². The van der Waals surface area contributed by atoms with Gasteiger partial charge in [-0.2, -0.15) is 0 Å². The van der Waals surface area contributed by atoms with E-state index in [1.54, 1.807) is 12.1 Å². The van der Waals surface area contributed by atoms with Crippen molar-refractivity contribution in [2.24, 2.45) is 0 Å². The van der Waals surface area contributed by atoms with Crippen LogP contribution in [0.4, 0.5) is 0 Å². The Kier molecular flexibility index (Phi) is 3.35. The summed E-state index contributed by atoms with van der Waals surface area (Å²) >= 11 is 5.93. The zero-order valence-electron chi connectivity index (χ0n) is 10.4. The van der Waals surface area contributed by atoms with Crippen LogP contribution in [-0.2, 0) is 0 Å². The molecule has 0 radical (unpaired) electrons. The second kappa shape index (κ2) is 5.31. The summed E-state index contributed by atoms with van der Waals surface area (Å²) in [5, 5.41) is 1.04. The first-order valence-corrected chi connectivity index (χ1v) is 6.42. The van der Waals surface area contributed by atoms with Crippen molar-refractivity contribution >= 4 is 28.8 Å². The molecule has 0 atom stereocenters. The molecule has 3 aromatic rings. The number of hydrogen-bond donors (Lipinski definition) is 0. The van der Waals surface area contributed by atoms with Gasteiger partial charge in [0.25, 0.3) is 0 Å². The van der Waals surface area contributed by atoms with Crippen LogP contribution in [0.25, 0.3) is 10.9 Å². The fourth-order valence-corrected chi connectivity index (χ4v) is 2.10. The van der Waals surface area contributed by atoms with Gasteiger partial charge in [-0.05, 0) is 30.3 Å². The summed E-state index contributed by atoms with van der Waals surface area (Å²) in [7, 11) is 0. The lowest BCUT2D eigenvalue weighted by molar-refractivity contribution is 0.112. The normalized spacial score (nSPS) is 10.4. The van der Waals surface area contributed by atoms with Gasteiger partial charge in [0.1, 0.15) is 16.7 Å². The first-order valence-electron chi connectivity index (χ1n) is 6.04. The second-order valence-corrected chi connectivity index (χ2v) is 4.61. The number of nitrogens with zero attached hydrogens (tertiary/aromatic N) is 1. The average molecular weight is 284 g/mol. The highest BCUT2D eigenvalue weighted by atomic mass is 35.5. The molecule has 0 aliphatic rings. The predicted molar refractivity (Wildman–Crippen MR) is 78.7 cm³/mol. The number of halogens is 1. The van der Waals surface area contributed by atoms with E-state index in [1.807, 2.05) is 42.5 Å². The highest BCUT2D eigenvalue weighted by molar-refractivity contribution is 6.32. The largest absolute Gasteiger partial charge is 0.457 e. The minimum atomic E-state index is 0.198. The molecule has 3 rings (SSSR count). The molecule has 1 heterocycles. The number of fused-ring (bicyclic) bond motifs is 1. The average Bonchev–Trinajstić information content (AvgIpc) is 2.47. The molecule has 0 spiro atoms. The van der Waals surface area contributed by atoms with Gasteiger partial charge in [-0.15, -0.1) is 0 Å². The van der Waals surface area contributed by atoms with E-state index in [2.05, 4.69) is 4.98 Å². The lowest BCUT2D eigenvalue weighted by Crippen LogP contribution is -1.89. The van der Waals surface area contributed by atoms with Crippen molar-refractivity contribution in [2.75, 3.05) is 0 Å². The number of para-hydroxylation sites is 1. The van der Waals surface area contributed by atoms with Crippen LogP contribution in [0, 0.1) is 0 Å². The lowest BCUT2D eigenvalue weighted by atomic mass is 10.1. The molecule has 20 heavy (non-hydrogen) atoms. The van der Waals surface area contributed by atoms with E-state index in [-0.39, 0.29) is 5.15 Å². The molecule has 0 unspecified atom stereocenters. The Labute approximate surface area is 120 Å². The topological polar surface area (TPSA) is 39.2 Å². The molecular weight excluding hydrogens is 274 g/mol. The van der Waals surface area contributed by atoms with Crippen molar-refractivity contribution < 1.29 is 9.53 Å². The Bertz CT molecular complexity index is 772. The summed E-state index contributed by atoms with van der Waals surface area (Å²) in [5.74, 6) is 1.42. The maximum atomic E-state index is 10.8. The molecule has 98 valence electrons. The maximum Gasteiger partial charge on any atom is 0.153 e. The summed E-state index contributed by atoms with van der Waals surface area (Å²) in [6, 6.07) is 16.7. The van der Waals surface area contributed by atoms with Crippen LogP contribution in [0.3, 0.4) is 0 Å². The van der Waals surface area contributed by atoms with Gasteiger partial charge in [0.2, 0.25) is 0 Å². The summed E-state index contributed by atoms with van der Waals surface area (Å²) < 4.78 is 5.73.